The molecule has 3 aromatic rings. The van der Waals surface area contributed by atoms with E-state index in [-0.39, 0.29) is 24.1 Å². The second-order valence-electron chi connectivity index (χ2n) is 5.48. The Morgan fingerprint density at radius 2 is 1.70 bits per heavy atom. The van der Waals surface area contributed by atoms with Gasteiger partial charge in [-0.3, -0.25) is 4.79 Å². The van der Waals surface area contributed by atoms with Crippen molar-refractivity contribution in [1.29, 1.82) is 0 Å². The molecule has 0 aliphatic carbocycles. The maximum absolute atomic E-state index is 12.5. The van der Waals surface area contributed by atoms with Gasteiger partial charge in [-0.1, -0.05) is 30.3 Å². The Hall–Kier alpha value is -3.48. The number of nitrogens with zero attached hydrogens (tertiary/aromatic N) is 1. The van der Waals surface area contributed by atoms with Gasteiger partial charge in [0.2, 0.25) is 5.88 Å². The summed E-state index contributed by atoms with van der Waals surface area (Å²) in [5, 5.41) is 2.75. The number of hydrogen-bond acceptors (Lipinski definition) is 4. The summed E-state index contributed by atoms with van der Waals surface area (Å²) >= 11 is 0. The smallest absolute Gasteiger partial charge is 0.387 e. The molecular weight excluding hydrogens is 354 g/mol. The summed E-state index contributed by atoms with van der Waals surface area (Å²) < 4.78 is 34.3. The number of hydrogen-bond donors (Lipinski definition) is 1. The van der Waals surface area contributed by atoms with Crippen LogP contribution in [0.1, 0.15) is 15.9 Å². The van der Waals surface area contributed by atoms with Crippen molar-refractivity contribution in [3.8, 4) is 17.4 Å². The molecule has 3 rings (SSSR count). The first kappa shape index (κ1) is 18.3. The molecule has 5 nitrogen and oxygen atoms in total. The minimum absolute atomic E-state index is 0.0610. The fourth-order valence-electron chi connectivity index (χ4n) is 2.31. The molecule has 1 N–H and O–H groups in total. The number of pyridine rings is 1. The number of ether oxygens (including phenoxy) is 2. The molecule has 7 heteroatoms. The molecule has 1 heterocycles. The van der Waals surface area contributed by atoms with Gasteiger partial charge in [-0.15, -0.1) is 0 Å². The Morgan fingerprint density at radius 3 is 2.41 bits per heavy atom. The van der Waals surface area contributed by atoms with Crippen molar-refractivity contribution in [3.05, 3.63) is 84.1 Å². The summed E-state index contributed by atoms with van der Waals surface area (Å²) in [6.45, 7) is -2.66. The van der Waals surface area contributed by atoms with Gasteiger partial charge >= 0.3 is 6.61 Å². The zero-order valence-corrected chi connectivity index (χ0v) is 14.1. The molecule has 1 aromatic heterocycles. The highest BCUT2D eigenvalue weighted by Gasteiger charge is 2.14. The van der Waals surface area contributed by atoms with Crippen molar-refractivity contribution in [1.82, 2.24) is 10.3 Å². The Balaban J connectivity index is 1.64. The molecule has 0 saturated heterocycles. The maximum Gasteiger partial charge on any atom is 0.387 e. The lowest BCUT2D eigenvalue weighted by Crippen LogP contribution is -2.23. The summed E-state index contributed by atoms with van der Waals surface area (Å²) in [4.78, 5) is 16.6. The van der Waals surface area contributed by atoms with Gasteiger partial charge in [0.1, 0.15) is 17.1 Å². The minimum Gasteiger partial charge on any atom is -0.438 e. The van der Waals surface area contributed by atoms with Crippen LogP contribution in [0.2, 0.25) is 0 Å². The van der Waals surface area contributed by atoms with Gasteiger partial charge in [-0.05, 0) is 42.0 Å². The van der Waals surface area contributed by atoms with Crippen molar-refractivity contribution in [2.24, 2.45) is 0 Å². The van der Waals surface area contributed by atoms with Crippen molar-refractivity contribution in [2.45, 2.75) is 13.2 Å². The first-order valence-corrected chi connectivity index (χ1v) is 8.11. The molecule has 0 spiro atoms. The summed E-state index contributed by atoms with van der Waals surface area (Å²) in [6.07, 6.45) is 1.54. The molecule has 0 radical (unpaired) electrons. The van der Waals surface area contributed by atoms with Gasteiger partial charge in [-0.25, -0.2) is 4.98 Å². The lowest BCUT2D eigenvalue weighted by Gasteiger charge is -2.11. The summed E-state index contributed by atoms with van der Waals surface area (Å²) in [7, 11) is 0. The number of halogens is 2. The maximum atomic E-state index is 12.5. The number of carbonyl (C=O) groups is 1. The summed E-state index contributed by atoms with van der Waals surface area (Å²) in [5.74, 6) is 0.467. The van der Waals surface area contributed by atoms with Gasteiger partial charge < -0.3 is 14.8 Å². The highest BCUT2D eigenvalue weighted by Crippen LogP contribution is 2.22. The topological polar surface area (TPSA) is 60.5 Å². The van der Waals surface area contributed by atoms with Crippen molar-refractivity contribution >= 4 is 5.91 Å². The van der Waals surface area contributed by atoms with E-state index >= 15 is 0 Å². The van der Waals surface area contributed by atoms with Crippen LogP contribution in [0.15, 0.2) is 72.9 Å². The Labute approximate surface area is 154 Å². The van der Waals surface area contributed by atoms with Crippen molar-refractivity contribution in [2.75, 3.05) is 0 Å². The summed E-state index contributed by atoms with van der Waals surface area (Å²) in [6, 6.07) is 18.3. The number of para-hydroxylation sites is 1. The minimum atomic E-state index is -2.87. The van der Waals surface area contributed by atoms with E-state index in [0.29, 0.717) is 11.3 Å². The highest BCUT2D eigenvalue weighted by atomic mass is 19.3. The predicted molar refractivity (Wildman–Crippen MR) is 95.0 cm³/mol. The predicted octanol–water partition coefficient (Wildman–Crippen LogP) is 4.41. The van der Waals surface area contributed by atoms with Crippen LogP contribution in [0, 0.1) is 0 Å². The number of aromatic nitrogens is 1. The quantitative estimate of drug-likeness (QED) is 0.669. The first-order chi connectivity index (χ1) is 13.1. The lowest BCUT2D eigenvalue weighted by molar-refractivity contribution is -0.0498. The number of alkyl halides is 2. The number of amides is 1. The molecule has 0 bridgehead atoms. The lowest BCUT2D eigenvalue weighted by atomic mass is 10.2. The molecule has 0 atom stereocenters. The van der Waals surface area contributed by atoms with Gasteiger partial charge in [0.25, 0.3) is 5.91 Å². The highest BCUT2D eigenvalue weighted by molar-refractivity contribution is 5.96. The largest absolute Gasteiger partial charge is 0.438 e. The fourth-order valence-corrected chi connectivity index (χ4v) is 2.31. The van der Waals surface area contributed by atoms with Crippen LogP contribution in [0.5, 0.6) is 17.4 Å². The number of carbonyl (C=O) groups excluding carboxylic acids is 1. The van der Waals surface area contributed by atoms with Gasteiger partial charge in [0.15, 0.2) is 0 Å². The molecule has 0 unspecified atom stereocenters. The van der Waals surface area contributed by atoms with E-state index in [4.69, 9.17) is 4.74 Å². The van der Waals surface area contributed by atoms with Gasteiger partial charge in [0.05, 0.1) is 0 Å². The third kappa shape index (κ3) is 5.24. The molecular formula is C20H16F2N2O3. The molecule has 1 amide bonds. The summed E-state index contributed by atoms with van der Waals surface area (Å²) in [5.41, 5.74) is 1.03. The SMILES string of the molecule is O=C(NCc1ccc(OC(F)F)cc1)c1cccnc1Oc1ccccc1. The van der Waals surface area contributed by atoms with Crippen LogP contribution in [-0.2, 0) is 6.54 Å². The molecule has 0 fully saturated rings. The average Bonchev–Trinajstić information content (AvgIpc) is 2.68. The van der Waals surface area contributed by atoms with Gasteiger partial charge in [-0.2, -0.15) is 8.78 Å². The fraction of sp³-hybridized carbons (Fsp3) is 0.100. The van der Waals surface area contributed by atoms with E-state index in [2.05, 4.69) is 15.0 Å². The molecule has 2 aromatic carbocycles. The average molecular weight is 370 g/mol. The Morgan fingerprint density at radius 1 is 0.963 bits per heavy atom. The van der Waals surface area contributed by atoms with E-state index in [1.165, 1.54) is 18.3 Å². The molecule has 0 aliphatic rings. The number of nitrogens with one attached hydrogen (secondary N) is 1. The number of benzene rings is 2. The van der Waals surface area contributed by atoms with E-state index in [9.17, 15) is 13.6 Å². The molecule has 27 heavy (non-hydrogen) atoms. The van der Waals surface area contributed by atoms with Crippen LogP contribution in [0.4, 0.5) is 8.78 Å². The second kappa shape index (κ2) is 8.75. The van der Waals surface area contributed by atoms with Crippen molar-refractivity contribution in [3.63, 3.8) is 0 Å². The van der Waals surface area contributed by atoms with Gasteiger partial charge in [0, 0.05) is 12.7 Å². The van der Waals surface area contributed by atoms with Crippen LogP contribution >= 0.6 is 0 Å². The first-order valence-electron chi connectivity index (χ1n) is 8.11. The molecule has 0 aliphatic heterocycles. The number of rotatable bonds is 7. The zero-order valence-electron chi connectivity index (χ0n) is 14.1. The van der Waals surface area contributed by atoms with Crippen LogP contribution in [0.25, 0.3) is 0 Å². The van der Waals surface area contributed by atoms with Crippen molar-refractivity contribution < 1.29 is 23.0 Å². The third-order valence-corrected chi connectivity index (χ3v) is 3.58. The normalized spacial score (nSPS) is 10.5. The van der Waals surface area contributed by atoms with Crippen LogP contribution in [-0.4, -0.2) is 17.5 Å². The van der Waals surface area contributed by atoms with E-state index in [1.54, 1.807) is 36.4 Å². The Kier molecular flexibility index (Phi) is 5.94. The standard InChI is InChI=1S/C20H16F2N2O3/c21-20(22)27-16-10-8-14(9-11-16)13-24-18(25)17-7-4-12-23-19(17)26-15-5-2-1-3-6-15/h1-12,20H,13H2,(H,24,25). The monoisotopic (exact) mass is 370 g/mol. The van der Waals surface area contributed by atoms with E-state index in [1.807, 2.05) is 18.2 Å². The molecule has 138 valence electrons. The van der Waals surface area contributed by atoms with E-state index in [0.717, 1.165) is 5.56 Å². The van der Waals surface area contributed by atoms with Crippen LogP contribution < -0.4 is 14.8 Å². The zero-order chi connectivity index (χ0) is 19.1. The van der Waals surface area contributed by atoms with E-state index < -0.39 is 6.61 Å². The second-order valence-corrected chi connectivity index (χ2v) is 5.48. The molecule has 0 saturated carbocycles. The third-order valence-electron chi connectivity index (χ3n) is 3.58. The Bertz CT molecular complexity index is 887. The van der Waals surface area contributed by atoms with Crippen LogP contribution in [0.3, 0.4) is 0 Å².